The molecule has 70 valence electrons. The van der Waals surface area contributed by atoms with E-state index < -0.39 is 12.0 Å². The fraction of sp³-hybridized carbons (Fsp3) is 0.222. The Kier molecular flexibility index (Phi) is 3.28. The molecule has 3 nitrogen and oxygen atoms in total. The first-order valence-corrected chi connectivity index (χ1v) is 4.18. The Hall–Kier alpha value is -1.06. The van der Waals surface area contributed by atoms with E-state index in [1.54, 1.807) is 31.3 Å². The van der Waals surface area contributed by atoms with Gasteiger partial charge >= 0.3 is 5.97 Å². The quantitative estimate of drug-likeness (QED) is 0.779. The summed E-state index contributed by atoms with van der Waals surface area (Å²) in [5.74, 6) is -0.898. The summed E-state index contributed by atoms with van der Waals surface area (Å²) < 4.78 is 0. The van der Waals surface area contributed by atoms with Crippen molar-refractivity contribution in [3.05, 3.63) is 34.9 Å². The monoisotopic (exact) mass is 199 g/mol. The number of carbonyl (C=O) groups is 1. The molecule has 0 spiro atoms. The molecule has 0 saturated heterocycles. The molecule has 0 fully saturated rings. The maximum atomic E-state index is 10.7. The Labute approximate surface area is 81.3 Å². The van der Waals surface area contributed by atoms with Crippen LogP contribution in [0.2, 0.25) is 5.02 Å². The minimum absolute atomic E-state index is 0.601. The largest absolute Gasteiger partial charge is 0.480 e. The normalized spacial score (nSPS) is 12.5. The van der Waals surface area contributed by atoms with Crippen molar-refractivity contribution in [2.75, 3.05) is 7.05 Å². The van der Waals surface area contributed by atoms with Gasteiger partial charge in [-0.15, -0.1) is 0 Å². The highest BCUT2D eigenvalue weighted by atomic mass is 35.5. The predicted octanol–water partition coefficient (Wildman–Crippen LogP) is 1.69. The average Bonchev–Trinajstić information content (AvgIpc) is 2.09. The van der Waals surface area contributed by atoms with Crippen molar-refractivity contribution < 1.29 is 9.90 Å². The third-order valence-electron chi connectivity index (χ3n) is 1.74. The minimum Gasteiger partial charge on any atom is -0.480 e. The number of carboxylic acids is 1. The number of hydrogen-bond donors (Lipinski definition) is 2. The van der Waals surface area contributed by atoms with Gasteiger partial charge in [-0.3, -0.25) is 4.79 Å². The van der Waals surface area contributed by atoms with Gasteiger partial charge in [-0.25, -0.2) is 0 Å². The average molecular weight is 200 g/mol. The van der Waals surface area contributed by atoms with E-state index in [4.69, 9.17) is 16.7 Å². The van der Waals surface area contributed by atoms with Crippen LogP contribution in [0.4, 0.5) is 0 Å². The molecule has 0 unspecified atom stereocenters. The SMILES string of the molecule is CN[C@H](C(=O)O)c1ccc(Cl)cc1. The lowest BCUT2D eigenvalue weighted by molar-refractivity contribution is -0.139. The summed E-state index contributed by atoms with van der Waals surface area (Å²) in [5, 5.41) is 12.1. The van der Waals surface area contributed by atoms with Crippen molar-refractivity contribution in [1.29, 1.82) is 0 Å². The molecule has 0 radical (unpaired) electrons. The molecule has 1 atom stereocenters. The molecular formula is C9H10ClNO2. The van der Waals surface area contributed by atoms with Crippen LogP contribution >= 0.6 is 11.6 Å². The zero-order chi connectivity index (χ0) is 9.84. The van der Waals surface area contributed by atoms with E-state index in [0.717, 1.165) is 0 Å². The number of nitrogens with one attached hydrogen (secondary N) is 1. The molecule has 0 aliphatic rings. The summed E-state index contributed by atoms with van der Waals surface area (Å²) in [6.45, 7) is 0. The van der Waals surface area contributed by atoms with Gasteiger partial charge in [0.05, 0.1) is 0 Å². The number of rotatable bonds is 3. The van der Waals surface area contributed by atoms with Gasteiger partial charge in [0.1, 0.15) is 6.04 Å². The van der Waals surface area contributed by atoms with E-state index in [2.05, 4.69) is 5.32 Å². The molecule has 0 saturated carbocycles. The fourth-order valence-corrected chi connectivity index (χ4v) is 1.21. The highest BCUT2D eigenvalue weighted by Crippen LogP contribution is 2.16. The van der Waals surface area contributed by atoms with E-state index in [0.29, 0.717) is 10.6 Å². The predicted molar refractivity (Wildman–Crippen MR) is 50.9 cm³/mol. The fourth-order valence-electron chi connectivity index (χ4n) is 1.09. The molecule has 0 bridgehead atoms. The second kappa shape index (κ2) is 4.25. The van der Waals surface area contributed by atoms with Gasteiger partial charge < -0.3 is 10.4 Å². The van der Waals surface area contributed by atoms with Crippen LogP contribution in [0.1, 0.15) is 11.6 Å². The van der Waals surface area contributed by atoms with E-state index >= 15 is 0 Å². The Bertz CT molecular complexity index is 297. The van der Waals surface area contributed by atoms with Crippen LogP contribution in [-0.4, -0.2) is 18.1 Å². The number of halogens is 1. The number of aliphatic carboxylic acids is 1. The highest BCUT2D eigenvalue weighted by molar-refractivity contribution is 6.30. The summed E-state index contributed by atoms with van der Waals surface area (Å²) in [7, 11) is 1.60. The molecule has 13 heavy (non-hydrogen) atoms. The van der Waals surface area contributed by atoms with E-state index in [-0.39, 0.29) is 0 Å². The molecule has 1 aromatic rings. The van der Waals surface area contributed by atoms with Crippen LogP contribution in [0, 0.1) is 0 Å². The van der Waals surface area contributed by atoms with Gasteiger partial charge in [-0.05, 0) is 24.7 Å². The smallest absolute Gasteiger partial charge is 0.325 e. The molecule has 4 heteroatoms. The lowest BCUT2D eigenvalue weighted by atomic mass is 10.1. The zero-order valence-electron chi connectivity index (χ0n) is 7.12. The van der Waals surface area contributed by atoms with Crippen LogP contribution in [0.3, 0.4) is 0 Å². The molecule has 0 aliphatic carbocycles. The minimum atomic E-state index is -0.898. The molecule has 0 amide bonds. The standard InChI is InChI=1S/C9H10ClNO2/c1-11-8(9(12)13)6-2-4-7(10)5-3-6/h2-5,8,11H,1H3,(H,12,13)/t8-/m0/s1. The van der Waals surface area contributed by atoms with Crippen LogP contribution < -0.4 is 5.32 Å². The Morgan fingerprint density at radius 1 is 1.46 bits per heavy atom. The number of carboxylic acid groups (broad SMARTS) is 1. The molecule has 0 aliphatic heterocycles. The van der Waals surface area contributed by atoms with Gasteiger partial charge in [-0.1, -0.05) is 23.7 Å². The van der Waals surface area contributed by atoms with Gasteiger partial charge in [0.25, 0.3) is 0 Å². The Morgan fingerprint density at radius 3 is 2.38 bits per heavy atom. The number of hydrogen-bond acceptors (Lipinski definition) is 2. The molecule has 2 N–H and O–H groups in total. The Morgan fingerprint density at radius 2 is 2.00 bits per heavy atom. The lowest BCUT2D eigenvalue weighted by Gasteiger charge is -2.10. The maximum absolute atomic E-state index is 10.7. The number of likely N-dealkylation sites (N-methyl/N-ethyl adjacent to an activating group) is 1. The first-order valence-electron chi connectivity index (χ1n) is 3.80. The zero-order valence-corrected chi connectivity index (χ0v) is 7.88. The molecule has 1 rings (SSSR count). The second-order valence-electron chi connectivity index (χ2n) is 2.61. The van der Waals surface area contributed by atoms with Crippen molar-refractivity contribution in [1.82, 2.24) is 5.32 Å². The molecule has 0 aromatic heterocycles. The first kappa shape index (κ1) is 10.0. The summed E-state index contributed by atoms with van der Waals surface area (Å²) in [6.07, 6.45) is 0. The van der Waals surface area contributed by atoms with Crippen molar-refractivity contribution >= 4 is 17.6 Å². The third kappa shape index (κ3) is 2.44. The first-order chi connectivity index (χ1) is 6.15. The van der Waals surface area contributed by atoms with Gasteiger partial charge in [0.2, 0.25) is 0 Å². The molecule has 0 heterocycles. The summed E-state index contributed by atoms with van der Waals surface area (Å²) in [5.41, 5.74) is 0.694. The van der Waals surface area contributed by atoms with Crippen LogP contribution in [0.15, 0.2) is 24.3 Å². The second-order valence-corrected chi connectivity index (χ2v) is 3.05. The van der Waals surface area contributed by atoms with Crippen molar-refractivity contribution in [3.8, 4) is 0 Å². The van der Waals surface area contributed by atoms with Gasteiger partial charge in [0, 0.05) is 5.02 Å². The van der Waals surface area contributed by atoms with Crippen molar-refractivity contribution in [3.63, 3.8) is 0 Å². The van der Waals surface area contributed by atoms with Crippen molar-refractivity contribution in [2.24, 2.45) is 0 Å². The highest BCUT2D eigenvalue weighted by Gasteiger charge is 2.16. The van der Waals surface area contributed by atoms with Gasteiger partial charge in [0.15, 0.2) is 0 Å². The molecular weight excluding hydrogens is 190 g/mol. The Balaban J connectivity index is 2.92. The van der Waals surface area contributed by atoms with Crippen LogP contribution in [-0.2, 0) is 4.79 Å². The number of benzene rings is 1. The molecule has 1 aromatic carbocycles. The summed E-state index contributed by atoms with van der Waals surface area (Å²) in [4.78, 5) is 10.7. The summed E-state index contributed by atoms with van der Waals surface area (Å²) in [6, 6.07) is 6.06. The summed E-state index contributed by atoms with van der Waals surface area (Å²) >= 11 is 5.67. The van der Waals surface area contributed by atoms with E-state index in [1.165, 1.54) is 0 Å². The maximum Gasteiger partial charge on any atom is 0.325 e. The van der Waals surface area contributed by atoms with Gasteiger partial charge in [-0.2, -0.15) is 0 Å². The van der Waals surface area contributed by atoms with E-state index in [9.17, 15) is 4.79 Å². The van der Waals surface area contributed by atoms with E-state index in [1.807, 2.05) is 0 Å². The lowest BCUT2D eigenvalue weighted by Crippen LogP contribution is -2.24. The third-order valence-corrected chi connectivity index (χ3v) is 1.99. The van der Waals surface area contributed by atoms with Crippen LogP contribution in [0.5, 0.6) is 0 Å². The van der Waals surface area contributed by atoms with Crippen molar-refractivity contribution in [2.45, 2.75) is 6.04 Å². The topological polar surface area (TPSA) is 49.3 Å². The van der Waals surface area contributed by atoms with Crippen LogP contribution in [0.25, 0.3) is 0 Å².